The Balaban J connectivity index is 2.33. The predicted octanol–water partition coefficient (Wildman–Crippen LogP) is 6.10. The SMILES string of the molecule is O=C(NC(=O)c1ccccc1Br)Nc1cc(C(F)(F)F)cc(C(F)(F)F)c1Cl. The van der Waals surface area contributed by atoms with Gasteiger partial charge in [0, 0.05) is 4.47 Å². The number of amides is 3. The molecule has 0 heterocycles. The zero-order chi connectivity index (χ0) is 21.3. The zero-order valence-electron chi connectivity index (χ0n) is 13.3. The fraction of sp³-hybridized carbons (Fsp3) is 0.125. The van der Waals surface area contributed by atoms with Crippen LogP contribution in [0.5, 0.6) is 0 Å². The quantitative estimate of drug-likeness (QED) is 0.501. The zero-order valence-corrected chi connectivity index (χ0v) is 15.6. The molecular weight excluding hydrogens is 482 g/mol. The van der Waals surface area contributed by atoms with E-state index in [4.69, 9.17) is 11.6 Å². The van der Waals surface area contributed by atoms with Gasteiger partial charge in [-0.15, -0.1) is 0 Å². The maximum absolute atomic E-state index is 13.0. The Morgan fingerprint density at radius 3 is 2.11 bits per heavy atom. The average molecular weight is 490 g/mol. The predicted molar refractivity (Wildman–Crippen MR) is 92.1 cm³/mol. The minimum Gasteiger partial charge on any atom is -0.306 e. The van der Waals surface area contributed by atoms with Gasteiger partial charge in [0.1, 0.15) is 0 Å². The number of benzene rings is 2. The Hall–Kier alpha value is -2.27. The average Bonchev–Trinajstić information content (AvgIpc) is 2.54. The number of hydrogen-bond acceptors (Lipinski definition) is 2. The molecular formula is C16H8BrClF6N2O2. The summed E-state index contributed by atoms with van der Waals surface area (Å²) in [4.78, 5) is 23.9. The first-order chi connectivity index (χ1) is 12.8. The van der Waals surface area contributed by atoms with Crippen LogP contribution in [0.1, 0.15) is 21.5 Å². The normalized spacial score (nSPS) is 11.9. The van der Waals surface area contributed by atoms with Gasteiger partial charge in [0.25, 0.3) is 5.91 Å². The van der Waals surface area contributed by atoms with Crippen molar-refractivity contribution in [2.24, 2.45) is 0 Å². The molecule has 0 spiro atoms. The van der Waals surface area contributed by atoms with Crippen LogP contribution in [0, 0.1) is 0 Å². The Bertz CT molecular complexity index is 930. The second kappa shape index (κ2) is 8.00. The number of carbonyl (C=O) groups excluding carboxylic acids is 2. The molecule has 0 aliphatic heterocycles. The summed E-state index contributed by atoms with van der Waals surface area (Å²) in [6.45, 7) is 0. The van der Waals surface area contributed by atoms with Crippen molar-refractivity contribution < 1.29 is 35.9 Å². The maximum atomic E-state index is 13.0. The van der Waals surface area contributed by atoms with Crippen LogP contribution < -0.4 is 10.6 Å². The Kier molecular flexibility index (Phi) is 6.29. The fourth-order valence-electron chi connectivity index (χ4n) is 2.05. The minimum atomic E-state index is -5.20. The molecule has 0 atom stereocenters. The summed E-state index contributed by atoms with van der Waals surface area (Å²) in [7, 11) is 0. The van der Waals surface area contributed by atoms with Crippen molar-refractivity contribution in [3.8, 4) is 0 Å². The van der Waals surface area contributed by atoms with Crippen LogP contribution in [0.4, 0.5) is 36.8 Å². The number of imide groups is 1. The lowest BCUT2D eigenvalue weighted by Gasteiger charge is -2.17. The summed E-state index contributed by atoms with van der Waals surface area (Å²) in [6.07, 6.45) is -10.3. The molecule has 0 unspecified atom stereocenters. The van der Waals surface area contributed by atoms with Gasteiger partial charge < -0.3 is 5.32 Å². The number of halogens is 8. The van der Waals surface area contributed by atoms with Crippen molar-refractivity contribution in [3.63, 3.8) is 0 Å². The summed E-state index contributed by atoms with van der Waals surface area (Å²) in [5, 5.41) is 2.38. The molecule has 12 heteroatoms. The number of alkyl halides is 6. The largest absolute Gasteiger partial charge is 0.417 e. The molecule has 0 saturated carbocycles. The van der Waals surface area contributed by atoms with E-state index in [9.17, 15) is 35.9 Å². The van der Waals surface area contributed by atoms with E-state index >= 15 is 0 Å². The van der Waals surface area contributed by atoms with E-state index in [1.54, 1.807) is 16.7 Å². The third-order valence-corrected chi connectivity index (χ3v) is 4.40. The van der Waals surface area contributed by atoms with Crippen molar-refractivity contribution in [2.75, 3.05) is 5.32 Å². The highest BCUT2D eigenvalue weighted by Gasteiger charge is 2.39. The first-order valence-corrected chi connectivity index (χ1v) is 8.32. The second-order valence-electron chi connectivity index (χ2n) is 5.27. The lowest BCUT2D eigenvalue weighted by atomic mass is 10.1. The lowest BCUT2D eigenvalue weighted by Crippen LogP contribution is -2.34. The molecule has 0 radical (unpaired) electrons. The lowest BCUT2D eigenvalue weighted by molar-refractivity contribution is -0.142. The molecule has 150 valence electrons. The number of rotatable bonds is 2. The molecule has 3 amide bonds. The summed E-state index contributed by atoms with van der Waals surface area (Å²) in [5.74, 6) is -0.941. The molecule has 0 bridgehead atoms. The number of carbonyl (C=O) groups is 2. The molecule has 0 fully saturated rings. The monoisotopic (exact) mass is 488 g/mol. The van der Waals surface area contributed by atoms with Crippen LogP contribution >= 0.6 is 27.5 Å². The fourth-order valence-corrected chi connectivity index (χ4v) is 2.78. The van der Waals surface area contributed by atoms with Gasteiger partial charge in [0.05, 0.1) is 27.4 Å². The first kappa shape index (κ1) is 22.0. The second-order valence-corrected chi connectivity index (χ2v) is 6.50. The third-order valence-electron chi connectivity index (χ3n) is 3.30. The van der Waals surface area contributed by atoms with E-state index in [1.807, 2.05) is 0 Å². The molecule has 2 aromatic rings. The molecule has 0 saturated heterocycles. The Morgan fingerprint density at radius 2 is 1.57 bits per heavy atom. The van der Waals surface area contributed by atoms with Crippen LogP contribution in [-0.2, 0) is 12.4 Å². The Morgan fingerprint density at radius 1 is 0.964 bits per heavy atom. The molecule has 0 aromatic heterocycles. The highest BCUT2D eigenvalue weighted by molar-refractivity contribution is 9.10. The highest BCUT2D eigenvalue weighted by atomic mass is 79.9. The first-order valence-electron chi connectivity index (χ1n) is 7.15. The summed E-state index contributed by atoms with van der Waals surface area (Å²) >= 11 is 8.58. The molecule has 2 aromatic carbocycles. The van der Waals surface area contributed by atoms with Gasteiger partial charge in [-0.3, -0.25) is 10.1 Å². The molecule has 0 aliphatic rings. The molecule has 2 rings (SSSR count). The van der Waals surface area contributed by atoms with E-state index in [-0.39, 0.29) is 17.7 Å². The van der Waals surface area contributed by atoms with E-state index in [0.29, 0.717) is 4.47 Å². The van der Waals surface area contributed by atoms with Crippen LogP contribution in [-0.4, -0.2) is 11.9 Å². The van der Waals surface area contributed by atoms with Crippen molar-refractivity contribution >= 4 is 45.2 Å². The summed E-state index contributed by atoms with van der Waals surface area (Å²) in [5.41, 5.74) is -4.39. The number of anilines is 1. The van der Waals surface area contributed by atoms with Crippen LogP contribution in [0.2, 0.25) is 5.02 Å². The van der Waals surface area contributed by atoms with Gasteiger partial charge in [0.15, 0.2) is 0 Å². The molecule has 2 N–H and O–H groups in total. The van der Waals surface area contributed by atoms with Gasteiger partial charge in [-0.05, 0) is 40.2 Å². The van der Waals surface area contributed by atoms with E-state index in [0.717, 1.165) is 0 Å². The summed E-state index contributed by atoms with van der Waals surface area (Å²) < 4.78 is 77.9. The molecule has 0 aliphatic carbocycles. The third kappa shape index (κ3) is 5.16. The van der Waals surface area contributed by atoms with Crippen LogP contribution in [0.25, 0.3) is 0 Å². The van der Waals surface area contributed by atoms with E-state index < -0.39 is 46.1 Å². The van der Waals surface area contributed by atoms with Crippen LogP contribution in [0.15, 0.2) is 40.9 Å². The maximum Gasteiger partial charge on any atom is 0.417 e. The molecule has 28 heavy (non-hydrogen) atoms. The standard InChI is InChI=1S/C16H8BrClF6N2O2/c17-10-4-2-1-3-8(10)13(27)26-14(28)25-11-6-7(15(19,20)21)5-9(12(11)18)16(22,23)24/h1-6H,(H2,25,26,27,28). The van der Waals surface area contributed by atoms with Crippen molar-refractivity contribution in [3.05, 3.63) is 62.6 Å². The number of nitrogens with one attached hydrogen (secondary N) is 2. The van der Waals surface area contributed by atoms with E-state index in [2.05, 4.69) is 15.9 Å². The smallest absolute Gasteiger partial charge is 0.306 e. The van der Waals surface area contributed by atoms with Crippen molar-refractivity contribution in [1.29, 1.82) is 0 Å². The summed E-state index contributed by atoms with van der Waals surface area (Å²) in [6, 6.07) is 4.60. The van der Waals surface area contributed by atoms with Crippen molar-refractivity contribution in [1.82, 2.24) is 5.32 Å². The van der Waals surface area contributed by atoms with Gasteiger partial charge in [-0.1, -0.05) is 23.7 Å². The highest BCUT2D eigenvalue weighted by Crippen LogP contribution is 2.42. The topological polar surface area (TPSA) is 58.2 Å². The molecule has 4 nitrogen and oxygen atoms in total. The van der Waals surface area contributed by atoms with Gasteiger partial charge in [-0.2, -0.15) is 26.3 Å². The van der Waals surface area contributed by atoms with Gasteiger partial charge in [-0.25, -0.2) is 4.79 Å². The minimum absolute atomic E-state index is 0.0174. The van der Waals surface area contributed by atoms with Gasteiger partial charge >= 0.3 is 18.4 Å². The number of urea groups is 1. The van der Waals surface area contributed by atoms with E-state index in [1.165, 1.54) is 18.2 Å². The Labute approximate surface area is 167 Å². The van der Waals surface area contributed by atoms with Crippen LogP contribution in [0.3, 0.4) is 0 Å². The number of hydrogen-bond donors (Lipinski definition) is 2. The van der Waals surface area contributed by atoms with Crippen molar-refractivity contribution in [2.45, 2.75) is 12.4 Å². The van der Waals surface area contributed by atoms with Gasteiger partial charge in [0.2, 0.25) is 0 Å².